The van der Waals surface area contributed by atoms with E-state index in [1.165, 1.54) is 30.0 Å². The minimum atomic E-state index is -0.597. The first-order valence-corrected chi connectivity index (χ1v) is 12.9. The van der Waals surface area contributed by atoms with Crippen molar-refractivity contribution in [2.75, 3.05) is 17.3 Å². The number of halogens is 1. The maximum atomic E-state index is 14.0. The summed E-state index contributed by atoms with van der Waals surface area (Å²) in [6.07, 6.45) is 1.98. The normalized spacial score (nSPS) is 10.7. The van der Waals surface area contributed by atoms with Gasteiger partial charge in [0.15, 0.2) is 11.0 Å². The lowest BCUT2D eigenvalue weighted by Crippen LogP contribution is -2.25. The number of thioether (sulfide) groups is 2. The lowest BCUT2D eigenvalue weighted by atomic mass is 10.2. The maximum Gasteiger partial charge on any atom is 0.254 e. The van der Waals surface area contributed by atoms with E-state index in [9.17, 15) is 14.0 Å². The Morgan fingerprint density at radius 3 is 2.51 bits per heavy atom. The van der Waals surface area contributed by atoms with Crippen LogP contribution < -0.4 is 10.6 Å². The summed E-state index contributed by atoms with van der Waals surface area (Å²) in [5, 5.41) is 14.5. The molecule has 1 heterocycles. The van der Waals surface area contributed by atoms with E-state index in [-0.39, 0.29) is 23.8 Å². The highest BCUT2D eigenvalue weighted by Gasteiger charge is 2.18. The predicted octanol–water partition coefficient (Wildman–Crippen LogP) is 4.79. The zero-order valence-electron chi connectivity index (χ0n) is 18.8. The van der Waals surface area contributed by atoms with E-state index in [0.717, 1.165) is 16.3 Å². The Hall–Kier alpha value is -3.63. The van der Waals surface area contributed by atoms with Gasteiger partial charge in [-0.1, -0.05) is 48.2 Å². The van der Waals surface area contributed by atoms with Gasteiger partial charge in [-0.2, -0.15) is 0 Å². The van der Waals surface area contributed by atoms with E-state index in [1.807, 2.05) is 60.9 Å². The number of benzene rings is 3. The average molecular weight is 508 g/mol. The standard InChI is InChI=1S/C25H22FN5O2S2/c1-34-19-11-7-8-17(14-19)28-23(32)16-35-25-30-29-22(31(25)18-9-3-2-4-10-18)15-27-24(33)20-12-5-6-13-21(20)26/h2-14H,15-16H2,1H3,(H,27,33)(H,28,32). The molecule has 0 unspecified atom stereocenters. The van der Waals surface area contributed by atoms with Crippen LogP contribution in [0, 0.1) is 5.82 Å². The summed E-state index contributed by atoms with van der Waals surface area (Å²) >= 11 is 2.83. The second-order valence-corrected chi connectivity index (χ2v) is 9.12. The van der Waals surface area contributed by atoms with Crippen molar-refractivity contribution in [2.45, 2.75) is 16.6 Å². The van der Waals surface area contributed by atoms with Gasteiger partial charge in [0.25, 0.3) is 5.91 Å². The number of hydrogen-bond donors (Lipinski definition) is 2. The Morgan fingerprint density at radius 1 is 0.971 bits per heavy atom. The monoisotopic (exact) mass is 507 g/mol. The van der Waals surface area contributed by atoms with Crippen LogP contribution in [0.4, 0.5) is 10.1 Å². The zero-order chi connectivity index (χ0) is 24.6. The first-order chi connectivity index (χ1) is 17.0. The molecule has 1 aromatic heterocycles. The van der Waals surface area contributed by atoms with Crippen LogP contribution in [-0.2, 0) is 11.3 Å². The second-order valence-electron chi connectivity index (χ2n) is 7.30. The van der Waals surface area contributed by atoms with Crippen LogP contribution >= 0.6 is 23.5 Å². The Balaban J connectivity index is 1.48. The molecule has 0 spiro atoms. The van der Waals surface area contributed by atoms with E-state index < -0.39 is 11.7 Å². The van der Waals surface area contributed by atoms with Crippen LogP contribution in [0.1, 0.15) is 16.2 Å². The highest BCUT2D eigenvalue weighted by atomic mass is 32.2. The van der Waals surface area contributed by atoms with Crippen molar-refractivity contribution in [3.8, 4) is 5.69 Å². The Morgan fingerprint density at radius 2 is 1.74 bits per heavy atom. The van der Waals surface area contributed by atoms with Gasteiger partial charge in [0.2, 0.25) is 5.91 Å². The molecule has 0 aliphatic carbocycles. The first-order valence-electron chi connectivity index (χ1n) is 10.6. The van der Waals surface area contributed by atoms with Crippen molar-refractivity contribution < 1.29 is 14.0 Å². The van der Waals surface area contributed by atoms with Gasteiger partial charge in [0.05, 0.1) is 17.9 Å². The molecule has 4 aromatic rings. The second kappa shape index (κ2) is 11.7. The molecule has 178 valence electrons. The molecule has 0 bridgehead atoms. The molecule has 3 aromatic carbocycles. The van der Waals surface area contributed by atoms with Gasteiger partial charge in [0.1, 0.15) is 5.82 Å². The summed E-state index contributed by atoms with van der Waals surface area (Å²) in [7, 11) is 0. The van der Waals surface area contributed by atoms with Crippen LogP contribution in [0.15, 0.2) is 88.9 Å². The Labute approximate surface area is 210 Å². The van der Waals surface area contributed by atoms with Crippen molar-refractivity contribution >= 4 is 41.0 Å². The first kappa shape index (κ1) is 24.5. The highest BCUT2D eigenvalue weighted by Crippen LogP contribution is 2.23. The molecule has 0 radical (unpaired) electrons. The van der Waals surface area contributed by atoms with Crippen molar-refractivity contribution in [1.82, 2.24) is 20.1 Å². The zero-order valence-corrected chi connectivity index (χ0v) is 20.4. The summed E-state index contributed by atoms with van der Waals surface area (Å²) in [4.78, 5) is 26.1. The largest absolute Gasteiger partial charge is 0.345 e. The summed E-state index contributed by atoms with van der Waals surface area (Å²) in [6, 6.07) is 22.8. The van der Waals surface area contributed by atoms with Gasteiger partial charge < -0.3 is 10.6 Å². The number of aromatic nitrogens is 3. The SMILES string of the molecule is CSc1cccc(NC(=O)CSc2nnc(CNC(=O)c3ccccc3F)n2-c2ccccc2)c1. The fourth-order valence-corrected chi connectivity index (χ4v) is 4.50. The molecule has 0 fully saturated rings. The van der Waals surface area contributed by atoms with Gasteiger partial charge >= 0.3 is 0 Å². The lowest BCUT2D eigenvalue weighted by molar-refractivity contribution is -0.113. The molecule has 0 aliphatic heterocycles. The van der Waals surface area contributed by atoms with Gasteiger partial charge in [0, 0.05) is 16.3 Å². The smallest absolute Gasteiger partial charge is 0.254 e. The molecule has 0 saturated heterocycles. The van der Waals surface area contributed by atoms with Gasteiger partial charge in [-0.25, -0.2) is 4.39 Å². The fraction of sp³-hybridized carbons (Fsp3) is 0.120. The Kier molecular flexibility index (Phi) is 8.17. The number of carbonyl (C=O) groups excluding carboxylic acids is 2. The fourth-order valence-electron chi connectivity index (χ4n) is 3.27. The van der Waals surface area contributed by atoms with Gasteiger partial charge in [-0.05, 0) is 48.7 Å². The molecule has 10 heteroatoms. The number of amides is 2. The van der Waals surface area contributed by atoms with E-state index in [4.69, 9.17) is 0 Å². The van der Waals surface area contributed by atoms with Crippen LogP contribution in [0.3, 0.4) is 0 Å². The van der Waals surface area contributed by atoms with E-state index in [1.54, 1.807) is 22.4 Å². The van der Waals surface area contributed by atoms with Crippen LogP contribution in [0.5, 0.6) is 0 Å². The topological polar surface area (TPSA) is 88.9 Å². The van der Waals surface area contributed by atoms with Crippen LogP contribution in [0.2, 0.25) is 0 Å². The highest BCUT2D eigenvalue weighted by molar-refractivity contribution is 7.99. The molecule has 0 saturated carbocycles. The van der Waals surface area contributed by atoms with E-state index in [2.05, 4.69) is 20.8 Å². The molecule has 0 atom stereocenters. The number of carbonyl (C=O) groups is 2. The molecule has 2 amide bonds. The molecular formula is C25H22FN5O2S2. The molecule has 4 rings (SSSR count). The van der Waals surface area contributed by atoms with Gasteiger partial charge in [-0.15, -0.1) is 22.0 Å². The minimum absolute atomic E-state index is 0.0310. The molecule has 0 aliphatic rings. The van der Waals surface area contributed by atoms with Crippen LogP contribution in [-0.4, -0.2) is 38.6 Å². The van der Waals surface area contributed by atoms with Crippen molar-refractivity contribution in [2.24, 2.45) is 0 Å². The quantitative estimate of drug-likeness (QED) is 0.317. The minimum Gasteiger partial charge on any atom is -0.345 e. The average Bonchev–Trinajstić information content (AvgIpc) is 3.29. The van der Waals surface area contributed by atoms with Gasteiger partial charge in [-0.3, -0.25) is 14.2 Å². The number of hydrogen-bond acceptors (Lipinski definition) is 6. The van der Waals surface area contributed by atoms with Crippen LogP contribution in [0.25, 0.3) is 5.69 Å². The number of para-hydroxylation sites is 1. The lowest BCUT2D eigenvalue weighted by Gasteiger charge is -2.11. The maximum absolute atomic E-state index is 14.0. The molecule has 7 nitrogen and oxygen atoms in total. The third-order valence-electron chi connectivity index (χ3n) is 4.93. The number of nitrogens with zero attached hydrogens (tertiary/aromatic N) is 3. The number of rotatable bonds is 9. The predicted molar refractivity (Wildman–Crippen MR) is 137 cm³/mol. The summed E-state index contributed by atoms with van der Waals surface area (Å²) < 4.78 is 15.7. The molecule has 2 N–H and O–H groups in total. The summed E-state index contributed by atoms with van der Waals surface area (Å²) in [6.45, 7) is 0.0310. The van der Waals surface area contributed by atoms with Crippen molar-refractivity contribution in [3.63, 3.8) is 0 Å². The number of anilines is 1. The molecular weight excluding hydrogens is 485 g/mol. The van der Waals surface area contributed by atoms with E-state index >= 15 is 0 Å². The van der Waals surface area contributed by atoms with E-state index in [0.29, 0.717) is 11.0 Å². The molecule has 35 heavy (non-hydrogen) atoms. The third-order valence-corrected chi connectivity index (χ3v) is 6.58. The summed E-state index contributed by atoms with van der Waals surface area (Å²) in [5.74, 6) is -0.746. The third kappa shape index (κ3) is 6.28. The van der Waals surface area contributed by atoms with Crippen molar-refractivity contribution in [3.05, 3.63) is 96.1 Å². The summed E-state index contributed by atoms with van der Waals surface area (Å²) in [5.41, 5.74) is 1.46. The Bertz CT molecular complexity index is 1330. The van der Waals surface area contributed by atoms with Crippen molar-refractivity contribution in [1.29, 1.82) is 0 Å². The number of nitrogens with one attached hydrogen (secondary N) is 2.